The summed E-state index contributed by atoms with van der Waals surface area (Å²) in [5.41, 5.74) is -0.314. The number of carboxylic acids is 2. The molecule has 0 aliphatic rings. The molecule has 2 aromatic rings. The van der Waals surface area contributed by atoms with E-state index in [4.69, 9.17) is 13.5 Å². The molecule has 2 aromatic carbocycles. The Kier molecular flexibility index (Phi) is 10.7. The van der Waals surface area contributed by atoms with Gasteiger partial charge in [0, 0.05) is 5.92 Å². The number of hydrogen-bond donors (Lipinski definition) is 2. The SMILES string of the molecule is CC([C@@H](O[Si](C)(C)C(C)(C)C)C(=O)O)[C@](C)(CP(=O)(OCc1ccccc1)OCc1ccccc1)C(=O)O. The van der Waals surface area contributed by atoms with Gasteiger partial charge in [0.15, 0.2) is 8.32 Å². The molecule has 0 amide bonds. The molecule has 0 aliphatic heterocycles. The first kappa shape index (κ1) is 31.9. The molecule has 3 atom stereocenters. The normalized spacial score (nSPS) is 15.9. The van der Waals surface area contributed by atoms with Gasteiger partial charge in [-0.1, -0.05) is 88.4 Å². The van der Waals surface area contributed by atoms with Crippen molar-refractivity contribution in [2.75, 3.05) is 6.16 Å². The Balaban J connectivity index is 2.42. The van der Waals surface area contributed by atoms with Crippen LogP contribution in [0.25, 0.3) is 0 Å². The Labute approximate surface area is 227 Å². The third-order valence-electron chi connectivity index (χ3n) is 7.48. The molecule has 0 saturated carbocycles. The number of benzene rings is 2. The van der Waals surface area contributed by atoms with Crippen molar-refractivity contribution < 1.29 is 37.8 Å². The van der Waals surface area contributed by atoms with Gasteiger partial charge in [0.1, 0.15) is 6.10 Å². The van der Waals surface area contributed by atoms with Crippen LogP contribution in [0.4, 0.5) is 0 Å². The zero-order valence-corrected chi connectivity index (χ0v) is 25.2. The van der Waals surface area contributed by atoms with Crippen LogP contribution in [0.5, 0.6) is 0 Å². The monoisotopic (exact) mass is 564 g/mol. The van der Waals surface area contributed by atoms with Crippen molar-refractivity contribution >= 4 is 27.9 Å². The van der Waals surface area contributed by atoms with Gasteiger partial charge < -0.3 is 23.7 Å². The second-order valence-electron chi connectivity index (χ2n) is 11.4. The summed E-state index contributed by atoms with van der Waals surface area (Å²) in [5, 5.41) is 20.2. The van der Waals surface area contributed by atoms with Gasteiger partial charge in [-0.25, -0.2) is 4.79 Å². The lowest BCUT2D eigenvalue weighted by atomic mass is 9.76. The molecule has 2 rings (SSSR count). The van der Waals surface area contributed by atoms with Crippen LogP contribution in [-0.4, -0.2) is 42.7 Å². The van der Waals surface area contributed by atoms with Gasteiger partial charge in [0.25, 0.3) is 0 Å². The van der Waals surface area contributed by atoms with Crippen LogP contribution in [0.1, 0.15) is 45.7 Å². The van der Waals surface area contributed by atoms with Gasteiger partial charge in [-0.15, -0.1) is 0 Å². The lowest BCUT2D eigenvalue weighted by Crippen LogP contribution is -2.53. The van der Waals surface area contributed by atoms with Crippen molar-refractivity contribution in [2.45, 2.75) is 72.1 Å². The summed E-state index contributed by atoms with van der Waals surface area (Å²) < 4.78 is 32.0. The van der Waals surface area contributed by atoms with Gasteiger partial charge in [-0.3, -0.25) is 9.36 Å². The molecule has 10 heteroatoms. The number of rotatable bonds is 14. The van der Waals surface area contributed by atoms with Crippen molar-refractivity contribution in [1.82, 2.24) is 0 Å². The van der Waals surface area contributed by atoms with Crippen LogP contribution in [-0.2, 0) is 40.8 Å². The number of hydrogen-bond acceptors (Lipinski definition) is 6. The molecule has 210 valence electrons. The molecule has 0 saturated heterocycles. The molecule has 0 radical (unpaired) electrons. The highest BCUT2D eigenvalue weighted by Gasteiger charge is 2.53. The van der Waals surface area contributed by atoms with Crippen molar-refractivity contribution in [3.8, 4) is 0 Å². The molecule has 2 N–H and O–H groups in total. The first-order valence-corrected chi connectivity index (χ1v) is 17.2. The third kappa shape index (κ3) is 8.35. The van der Waals surface area contributed by atoms with E-state index in [1.54, 1.807) is 24.3 Å². The van der Waals surface area contributed by atoms with Crippen molar-refractivity contribution in [2.24, 2.45) is 11.3 Å². The Morgan fingerprint density at radius 2 is 1.29 bits per heavy atom. The molecular weight excluding hydrogens is 523 g/mol. The van der Waals surface area contributed by atoms with E-state index < -0.39 is 51.5 Å². The standard InChI is InChI=1S/C28H41O8PSi/c1-21(24(25(29)30)36-38(6,7)27(2,3)4)28(5,26(31)32)20-37(33,34-18-22-14-10-8-11-15-22)35-19-23-16-12-9-13-17-23/h8-17,21,24H,18-20H2,1-7H3,(H,29,30)(H,31,32)/t21?,24-,28+/m1/s1. The van der Waals surface area contributed by atoms with Crippen LogP contribution in [0.3, 0.4) is 0 Å². The topological polar surface area (TPSA) is 119 Å². The molecular formula is C28H41O8PSi. The Hall–Kier alpha value is -2.29. The van der Waals surface area contributed by atoms with Gasteiger partial charge in [-0.05, 0) is 36.2 Å². The van der Waals surface area contributed by atoms with Gasteiger partial charge >= 0.3 is 19.5 Å². The van der Waals surface area contributed by atoms with E-state index in [1.165, 1.54) is 13.8 Å². The molecule has 0 aliphatic carbocycles. The highest BCUT2D eigenvalue weighted by molar-refractivity contribution is 7.53. The lowest BCUT2D eigenvalue weighted by molar-refractivity contribution is -0.159. The van der Waals surface area contributed by atoms with E-state index in [1.807, 2.05) is 70.3 Å². The van der Waals surface area contributed by atoms with Gasteiger partial charge in [-0.2, -0.15) is 0 Å². The van der Waals surface area contributed by atoms with Crippen LogP contribution in [0.15, 0.2) is 60.7 Å². The minimum atomic E-state index is -4.05. The molecule has 0 bridgehead atoms. The highest BCUT2D eigenvalue weighted by atomic mass is 31.2. The smallest absolute Gasteiger partial charge is 0.332 e. The fourth-order valence-corrected chi connectivity index (χ4v) is 7.10. The summed E-state index contributed by atoms with van der Waals surface area (Å²) in [5.74, 6) is -3.62. The van der Waals surface area contributed by atoms with Gasteiger partial charge in [0.2, 0.25) is 0 Å². The lowest BCUT2D eigenvalue weighted by Gasteiger charge is -2.43. The van der Waals surface area contributed by atoms with Crippen LogP contribution in [0.2, 0.25) is 18.1 Å². The molecule has 0 fully saturated rings. The predicted octanol–water partition coefficient (Wildman–Crippen LogP) is 6.82. The molecule has 1 unspecified atom stereocenters. The van der Waals surface area contributed by atoms with E-state index in [0.29, 0.717) is 0 Å². The summed E-state index contributed by atoms with van der Waals surface area (Å²) in [6.45, 7) is 12.5. The fourth-order valence-electron chi connectivity index (χ4n) is 3.63. The number of carbonyl (C=O) groups is 2. The number of carboxylic acid groups (broad SMARTS) is 2. The number of aliphatic carboxylic acids is 2. The van der Waals surface area contributed by atoms with E-state index in [2.05, 4.69) is 0 Å². The minimum Gasteiger partial charge on any atom is -0.481 e. The van der Waals surface area contributed by atoms with Crippen molar-refractivity contribution in [3.05, 3.63) is 71.8 Å². The first-order valence-electron chi connectivity index (χ1n) is 12.6. The van der Waals surface area contributed by atoms with E-state index in [9.17, 15) is 24.4 Å². The summed E-state index contributed by atoms with van der Waals surface area (Å²) >= 11 is 0. The average Bonchev–Trinajstić information content (AvgIpc) is 2.85. The molecule has 0 spiro atoms. The Bertz CT molecular complexity index is 1070. The zero-order chi connectivity index (χ0) is 28.8. The van der Waals surface area contributed by atoms with E-state index in [0.717, 1.165) is 11.1 Å². The van der Waals surface area contributed by atoms with Crippen molar-refractivity contribution in [1.29, 1.82) is 0 Å². The maximum Gasteiger partial charge on any atom is 0.332 e. The second kappa shape index (κ2) is 12.7. The third-order valence-corrected chi connectivity index (χ3v) is 14.0. The molecule has 8 nitrogen and oxygen atoms in total. The molecule has 38 heavy (non-hydrogen) atoms. The maximum atomic E-state index is 14.1. The average molecular weight is 565 g/mol. The largest absolute Gasteiger partial charge is 0.481 e. The van der Waals surface area contributed by atoms with E-state index in [-0.39, 0.29) is 18.3 Å². The Morgan fingerprint density at radius 1 is 0.868 bits per heavy atom. The van der Waals surface area contributed by atoms with Crippen LogP contribution < -0.4 is 0 Å². The second-order valence-corrected chi connectivity index (χ2v) is 18.2. The van der Waals surface area contributed by atoms with Crippen LogP contribution >= 0.6 is 7.60 Å². The predicted molar refractivity (Wildman–Crippen MR) is 150 cm³/mol. The van der Waals surface area contributed by atoms with Gasteiger partial charge in [0.05, 0.1) is 24.8 Å². The molecule has 0 aromatic heterocycles. The minimum absolute atomic E-state index is 0.0557. The van der Waals surface area contributed by atoms with E-state index >= 15 is 0 Å². The fraction of sp³-hybridized carbons (Fsp3) is 0.500. The highest BCUT2D eigenvalue weighted by Crippen LogP contribution is 2.56. The van der Waals surface area contributed by atoms with Crippen molar-refractivity contribution in [3.63, 3.8) is 0 Å². The summed E-state index contributed by atoms with van der Waals surface area (Å²) in [7, 11) is -6.64. The summed E-state index contributed by atoms with van der Waals surface area (Å²) in [6, 6.07) is 18.1. The zero-order valence-electron chi connectivity index (χ0n) is 23.3. The Morgan fingerprint density at radius 3 is 1.63 bits per heavy atom. The first-order chi connectivity index (χ1) is 17.5. The van der Waals surface area contributed by atoms with Crippen LogP contribution in [0, 0.1) is 11.3 Å². The molecule has 0 heterocycles. The summed E-state index contributed by atoms with van der Waals surface area (Å²) in [4.78, 5) is 25.1. The maximum absolute atomic E-state index is 14.1. The quantitative estimate of drug-likeness (QED) is 0.190. The summed E-state index contributed by atoms with van der Waals surface area (Å²) in [6.07, 6.45) is -1.95.